The molecule has 2 rings (SSSR count). The van der Waals surface area contributed by atoms with E-state index in [-0.39, 0.29) is 11.9 Å². The van der Waals surface area contributed by atoms with Crippen LogP contribution >= 0.6 is 0 Å². The van der Waals surface area contributed by atoms with Crippen molar-refractivity contribution in [3.63, 3.8) is 0 Å². The van der Waals surface area contributed by atoms with Crippen molar-refractivity contribution in [1.82, 2.24) is 0 Å². The number of nitrogens with two attached hydrogens (primary N) is 1. The number of benzene rings is 1. The Labute approximate surface area is 115 Å². The van der Waals surface area contributed by atoms with Crippen molar-refractivity contribution in [2.45, 2.75) is 39.7 Å². The van der Waals surface area contributed by atoms with Crippen LogP contribution in [-0.4, -0.2) is 13.1 Å². The van der Waals surface area contributed by atoms with Gasteiger partial charge in [0.25, 0.3) is 0 Å². The molecule has 1 aromatic carbocycles. The fourth-order valence-corrected chi connectivity index (χ4v) is 2.87. The first-order chi connectivity index (χ1) is 8.99. The highest BCUT2D eigenvalue weighted by atomic mass is 19.1. The minimum Gasteiger partial charge on any atom is -0.369 e. The number of anilines is 1. The summed E-state index contributed by atoms with van der Waals surface area (Å²) >= 11 is 0. The van der Waals surface area contributed by atoms with E-state index in [1.54, 1.807) is 6.07 Å². The van der Waals surface area contributed by atoms with Crippen LogP contribution in [0.3, 0.4) is 0 Å². The fourth-order valence-electron chi connectivity index (χ4n) is 2.87. The molecule has 1 saturated heterocycles. The molecule has 106 valence electrons. The maximum atomic E-state index is 14.2. The minimum absolute atomic E-state index is 0.116. The lowest BCUT2D eigenvalue weighted by Crippen LogP contribution is -2.35. The van der Waals surface area contributed by atoms with Crippen molar-refractivity contribution in [3.05, 3.63) is 29.6 Å². The zero-order chi connectivity index (χ0) is 14.0. The van der Waals surface area contributed by atoms with E-state index in [2.05, 4.69) is 18.7 Å². The molecular weight excluding hydrogens is 239 g/mol. The van der Waals surface area contributed by atoms with E-state index in [1.807, 2.05) is 19.1 Å². The van der Waals surface area contributed by atoms with Crippen LogP contribution in [0.1, 0.15) is 45.2 Å². The highest BCUT2D eigenvalue weighted by molar-refractivity contribution is 5.49. The number of rotatable bonds is 3. The summed E-state index contributed by atoms with van der Waals surface area (Å²) in [6.07, 6.45) is 2.32. The molecule has 0 aliphatic carbocycles. The van der Waals surface area contributed by atoms with E-state index in [1.165, 1.54) is 0 Å². The Hall–Kier alpha value is -1.09. The first kappa shape index (κ1) is 14.3. The molecule has 1 aliphatic heterocycles. The smallest absolute Gasteiger partial charge is 0.146 e. The van der Waals surface area contributed by atoms with Crippen LogP contribution in [-0.2, 0) is 0 Å². The molecule has 1 heterocycles. The Bertz CT molecular complexity index is 421. The summed E-state index contributed by atoms with van der Waals surface area (Å²) in [6, 6.07) is 5.28. The summed E-state index contributed by atoms with van der Waals surface area (Å²) in [4.78, 5) is 2.17. The zero-order valence-corrected chi connectivity index (χ0v) is 12.2. The van der Waals surface area contributed by atoms with E-state index in [0.29, 0.717) is 0 Å². The maximum absolute atomic E-state index is 14.2. The first-order valence-electron chi connectivity index (χ1n) is 7.29. The average molecular weight is 264 g/mol. The Morgan fingerprint density at radius 2 is 1.84 bits per heavy atom. The number of hydrogen-bond donors (Lipinski definition) is 1. The average Bonchev–Trinajstić information content (AvgIpc) is 2.38. The largest absolute Gasteiger partial charge is 0.369 e. The van der Waals surface area contributed by atoms with Crippen LogP contribution in [0.4, 0.5) is 10.1 Å². The van der Waals surface area contributed by atoms with Crippen LogP contribution < -0.4 is 10.6 Å². The van der Waals surface area contributed by atoms with Gasteiger partial charge < -0.3 is 10.6 Å². The molecule has 19 heavy (non-hydrogen) atoms. The molecule has 0 saturated carbocycles. The Morgan fingerprint density at radius 3 is 2.32 bits per heavy atom. The molecule has 1 atom stereocenters. The number of piperidine rings is 1. The Balaban J connectivity index is 2.07. The van der Waals surface area contributed by atoms with Gasteiger partial charge in [0.2, 0.25) is 0 Å². The SMILES string of the molecule is CC(C)C1CCN(c2ccc([C@H](C)N)cc2F)CC1. The van der Waals surface area contributed by atoms with Gasteiger partial charge in [-0.15, -0.1) is 0 Å². The summed E-state index contributed by atoms with van der Waals surface area (Å²) in [5.41, 5.74) is 7.37. The molecule has 3 heteroatoms. The molecule has 0 bridgehead atoms. The molecule has 1 aliphatic rings. The summed E-state index contributed by atoms with van der Waals surface area (Å²) in [5.74, 6) is 1.37. The molecular formula is C16H25FN2. The summed E-state index contributed by atoms with van der Waals surface area (Å²) in [5, 5.41) is 0. The normalized spacial score (nSPS) is 18.9. The molecule has 0 unspecified atom stereocenters. The third-order valence-electron chi connectivity index (χ3n) is 4.32. The lowest BCUT2D eigenvalue weighted by molar-refractivity contribution is 0.310. The monoisotopic (exact) mass is 264 g/mol. The fraction of sp³-hybridized carbons (Fsp3) is 0.625. The van der Waals surface area contributed by atoms with Crippen molar-refractivity contribution >= 4 is 5.69 Å². The minimum atomic E-state index is -0.141. The van der Waals surface area contributed by atoms with Crippen LogP contribution in [0.25, 0.3) is 0 Å². The van der Waals surface area contributed by atoms with Crippen molar-refractivity contribution in [2.24, 2.45) is 17.6 Å². The highest BCUT2D eigenvalue weighted by Crippen LogP contribution is 2.30. The van der Waals surface area contributed by atoms with Crippen molar-refractivity contribution in [1.29, 1.82) is 0 Å². The Morgan fingerprint density at radius 1 is 1.21 bits per heavy atom. The summed E-state index contributed by atoms with van der Waals surface area (Å²) in [6.45, 7) is 8.34. The van der Waals surface area contributed by atoms with Crippen molar-refractivity contribution < 1.29 is 4.39 Å². The third-order valence-corrected chi connectivity index (χ3v) is 4.32. The lowest BCUT2D eigenvalue weighted by atomic mass is 9.86. The number of hydrogen-bond acceptors (Lipinski definition) is 2. The quantitative estimate of drug-likeness (QED) is 0.901. The van der Waals surface area contributed by atoms with E-state index in [0.717, 1.165) is 49.0 Å². The van der Waals surface area contributed by atoms with E-state index in [9.17, 15) is 4.39 Å². The van der Waals surface area contributed by atoms with Gasteiger partial charge in [-0.05, 0) is 49.3 Å². The van der Waals surface area contributed by atoms with Gasteiger partial charge in [0.05, 0.1) is 5.69 Å². The van der Waals surface area contributed by atoms with Gasteiger partial charge >= 0.3 is 0 Å². The zero-order valence-electron chi connectivity index (χ0n) is 12.2. The number of nitrogens with zero attached hydrogens (tertiary/aromatic N) is 1. The van der Waals surface area contributed by atoms with Gasteiger partial charge in [0.15, 0.2) is 0 Å². The number of halogens is 1. The summed E-state index contributed by atoms with van der Waals surface area (Å²) in [7, 11) is 0. The topological polar surface area (TPSA) is 29.3 Å². The molecule has 0 spiro atoms. The van der Waals surface area contributed by atoms with Crippen LogP contribution in [0.5, 0.6) is 0 Å². The Kier molecular flexibility index (Phi) is 4.46. The van der Waals surface area contributed by atoms with E-state index >= 15 is 0 Å². The van der Waals surface area contributed by atoms with Crippen LogP contribution in [0, 0.1) is 17.7 Å². The standard InChI is InChI=1S/C16H25FN2/c1-11(2)13-6-8-19(9-7-13)16-5-4-14(12(3)18)10-15(16)17/h4-5,10-13H,6-9,18H2,1-3H3/t12-/m0/s1. The van der Waals surface area contributed by atoms with Crippen LogP contribution in [0.15, 0.2) is 18.2 Å². The van der Waals surface area contributed by atoms with Crippen molar-refractivity contribution in [3.8, 4) is 0 Å². The van der Waals surface area contributed by atoms with Gasteiger partial charge in [-0.2, -0.15) is 0 Å². The van der Waals surface area contributed by atoms with Gasteiger partial charge in [-0.1, -0.05) is 19.9 Å². The molecule has 0 amide bonds. The van der Waals surface area contributed by atoms with Gasteiger partial charge in [-0.3, -0.25) is 0 Å². The van der Waals surface area contributed by atoms with Gasteiger partial charge in [-0.25, -0.2) is 4.39 Å². The van der Waals surface area contributed by atoms with Gasteiger partial charge in [0.1, 0.15) is 5.82 Å². The second-order valence-electron chi connectivity index (χ2n) is 6.07. The predicted molar refractivity (Wildman–Crippen MR) is 78.8 cm³/mol. The second kappa shape index (κ2) is 5.91. The molecule has 0 aromatic heterocycles. The first-order valence-corrected chi connectivity index (χ1v) is 7.29. The molecule has 1 fully saturated rings. The third kappa shape index (κ3) is 3.27. The van der Waals surface area contributed by atoms with Crippen molar-refractivity contribution in [2.75, 3.05) is 18.0 Å². The van der Waals surface area contributed by atoms with Crippen LogP contribution in [0.2, 0.25) is 0 Å². The molecule has 2 N–H and O–H groups in total. The summed E-state index contributed by atoms with van der Waals surface area (Å²) < 4.78 is 14.2. The van der Waals surface area contributed by atoms with E-state index in [4.69, 9.17) is 5.73 Å². The lowest BCUT2D eigenvalue weighted by Gasteiger charge is -2.35. The van der Waals surface area contributed by atoms with E-state index < -0.39 is 0 Å². The maximum Gasteiger partial charge on any atom is 0.146 e. The van der Waals surface area contributed by atoms with Gasteiger partial charge in [0, 0.05) is 19.1 Å². The predicted octanol–water partition coefficient (Wildman–Crippen LogP) is 3.72. The highest BCUT2D eigenvalue weighted by Gasteiger charge is 2.23. The molecule has 0 radical (unpaired) electrons. The molecule has 1 aromatic rings. The second-order valence-corrected chi connectivity index (χ2v) is 6.07. The molecule has 2 nitrogen and oxygen atoms in total.